The summed E-state index contributed by atoms with van der Waals surface area (Å²) in [6.07, 6.45) is 10.4. The highest BCUT2D eigenvalue weighted by atomic mass is 16.5. The van der Waals surface area contributed by atoms with Crippen molar-refractivity contribution in [3.8, 4) is 28.7 Å². The summed E-state index contributed by atoms with van der Waals surface area (Å²) in [4.78, 5) is 0. The number of allylic oxidation sites excluding steroid dienone is 1. The van der Waals surface area contributed by atoms with Gasteiger partial charge in [-0.1, -0.05) is 58.3 Å². The number of rotatable bonds is 15. The first kappa shape index (κ1) is 25.4. The van der Waals surface area contributed by atoms with E-state index in [2.05, 4.69) is 20.8 Å². The van der Waals surface area contributed by atoms with Crippen LogP contribution in [0.5, 0.6) is 28.7 Å². The van der Waals surface area contributed by atoms with Crippen LogP contribution in [0.1, 0.15) is 70.4 Å². The predicted molar refractivity (Wildman–Crippen MR) is 130 cm³/mol. The Bertz CT molecular complexity index is 844. The fourth-order valence-electron chi connectivity index (χ4n) is 3.08. The van der Waals surface area contributed by atoms with Crippen molar-refractivity contribution in [3.05, 3.63) is 47.5 Å². The van der Waals surface area contributed by atoms with Crippen LogP contribution >= 0.6 is 0 Å². The lowest BCUT2D eigenvalue weighted by Crippen LogP contribution is -2.02. The van der Waals surface area contributed by atoms with Gasteiger partial charge in [-0.15, -0.1) is 0 Å². The molecule has 2 aromatic rings. The molecule has 0 aliphatic heterocycles. The van der Waals surface area contributed by atoms with Crippen molar-refractivity contribution in [2.45, 2.75) is 65.7 Å². The third-order valence-corrected chi connectivity index (χ3v) is 5.05. The zero-order valence-corrected chi connectivity index (χ0v) is 19.7. The van der Waals surface area contributed by atoms with Crippen molar-refractivity contribution in [2.75, 3.05) is 19.8 Å². The van der Waals surface area contributed by atoms with Crippen molar-refractivity contribution < 1.29 is 24.4 Å². The number of hydrogen-bond donors (Lipinski definition) is 2. The first-order valence-corrected chi connectivity index (χ1v) is 11.8. The van der Waals surface area contributed by atoms with Gasteiger partial charge < -0.3 is 24.4 Å². The molecule has 0 aliphatic rings. The maximum Gasteiger partial charge on any atom is 0.160 e. The van der Waals surface area contributed by atoms with E-state index in [1.165, 1.54) is 0 Å². The number of unbranched alkanes of at least 4 members (excludes halogenated alkanes) is 3. The Morgan fingerprint density at radius 3 is 1.97 bits per heavy atom. The fraction of sp³-hybridized carbons (Fsp3) is 0.481. The van der Waals surface area contributed by atoms with Crippen molar-refractivity contribution in [1.82, 2.24) is 0 Å². The van der Waals surface area contributed by atoms with E-state index in [-0.39, 0.29) is 11.5 Å². The van der Waals surface area contributed by atoms with Crippen LogP contribution in [-0.4, -0.2) is 30.0 Å². The summed E-state index contributed by atoms with van der Waals surface area (Å²) in [5.74, 6) is 2.07. The summed E-state index contributed by atoms with van der Waals surface area (Å²) in [6.45, 7) is 8.13. The molecule has 0 saturated carbocycles. The van der Waals surface area contributed by atoms with Crippen LogP contribution in [0.3, 0.4) is 0 Å². The molecule has 0 bridgehead atoms. The summed E-state index contributed by atoms with van der Waals surface area (Å²) in [6, 6.07) is 8.88. The van der Waals surface area contributed by atoms with Crippen LogP contribution in [0.2, 0.25) is 0 Å². The van der Waals surface area contributed by atoms with Gasteiger partial charge in [0.05, 0.1) is 19.8 Å². The molecule has 0 aromatic heterocycles. The van der Waals surface area contributed by atoms with Crippen molar-refractivity contribution in [1.29, 1.82) is 0 Å². The van der Waals surface area contributed by atoms with Gasteiger partial charge in [0, 0.05) is 17.7 Å². The Hall–Kier alpha value is -2.82. The average molecular weight is 443 g/mol. The van der Waals surface area contributed by atoms with Crippen LogP contribution in [0.15, 0.2) is 36.4 Å². The molecule has 0 atom stereocenters. The number of aromatic hydroxyl groups is 2. The number of phenolic OH excluding ortho intramolecular Hbond substituents is 2. The molecule has 2 rings (SSSR count). The summed E-state index contributed by atoms with van der Waals surface area (Å²) in [5, 5.41) is 20.8. The Morgan fingerprint density at radius 1 is 0.719 bits per heavy atom. The minimum absolute atomic E-state index is 0.128. The van der Waals surface area contributed by atoms with E-state index in [0.717, 1.165) is 49.7 Å². The van der Waals surface area contributed by atoms with Crippen LogP contribution < -0.4 is 14.2 Å². The Balaban J connectivity index is 2.10. The molecule has 0 radical (unpaired) electrons. The van der Waals surface area contributed by atoms with Gasteiger partial charge in [-0.25, -0.2) is 0 Å². The van der Waals surface area contributed by atoms with Crippen molar-refractivity contribution >= 4 is 6.08 Å². The van der Waals surface area contributed by atoms with Gasteiger partial charge in [0.25, 0.3) is 0 Å². The summed E-state index contributed by atoms with van der Waals surface area (Å²) < 4.78 is 17.3. The Kier molecular flexibility index (Phi) is 11.4. The molecule has 2 aromatic carbocycles. The first-order chi connectivity index (χ1) is 15.6. The normalized spacial score (nSPS) is 11.1. The van der Waals surface area contributed by atoms with E-state index in [1.807, 2.05) is 24.3 Å². The number of ether oxygens (including phenoxy) is 3. The molecule has 0 amide bonds. The highest BCUT2D eigenvalue weighted by molar-refractivity contribution is 5.57. The van der Waals surface area contributed by atoms with Gasteiger partial charge in [-0.2, -0.15) is 0 Å². The average Bonchev–Trinajstić information content (AvgIpc) is 2.77. The van der Waals surface area contributed by atoms with Gasteiger partial charge in [0.15, 0.2) is 11.5 Å². The van der Waals surface area contributed by atoms with E-state index in [9.17, 15) is 10.2 Å². The van der Waals surface area contributed by atoms with E-state index >= 15 is 0 Å². The van der Waals surface area contributed by atoms with E-state index in [0.29, 0.717) is 43.5 Å². The second-order valence-electron chi connectivity index (χ2n) is 7.86. The van der Waals surface area contributed by atoms with E-state index < -0.39 is 0 Å². The van der Waals surface area contributed by atoms with Crippen LogP contribution in [0.25, 0.3) is 6.08 Å². The lowest BCUT2D eigenvalue weighted by atomic mass is 10.1. The highest BCUT2D eigenvalue weighted by Gasteiger charge is 2.12. The Morgan fingerprint density at radius 2 is 1.34 bits per heavy atom. The fourth-order valence-corrected chi connectivity index (χ4v) is 3.08. The summed E-state index contributed by atoms with van der Waals surface area (Å²) in [5.41, 5.74) is 1.58. The third-order valence-electron chi connectivity index (χ3n) is 5.05. The maximum absolute atomic E-state index is 10.6. The second kappa shape index (κ2) is 14.3. The zero-order chi connectivity index (χ0) is 23.2. The summed E-state index contributed by atoms with van der Waals surface area (Å²) in [7, 11) is 0. The van der Waals surface area contributed by atoms with Crippen LogP contribution in [0, 0.1) is 0 Å². The predicted octanol–water partition coefficient (Wildman–Crippen LogP) is 6.89. The first-order valence-electron chi connectivity index (χ1n) is 11.8. The topological polar surface area (TPSA) is 68.2 Å². The molecule has 176 valence electrons. The van der Waals surface area contributed by atoms with Crippen LogP contribution in [-0.2, 0) is 6.42 Å². The van der Waals surface area contributed by atoms with Gasteiger partial charge in [0.2, 0.25) is 0 Å². The quantitative estimate of drug-likeness (QED) is 0.294. The SMILES string of the molecule is CCCCOc1cc(O)c(C/C=C/c2ccc(OCCCC)c(O)c2)c(OCCCC)c1. The van der Waals surface area contributed by atoms with Gasteiger partial charge in [0.1, 0.15) is 17.2 Å². The molecule has 5 nitrogen and oxygen atoms in total. The number of hydrogen-bond acceptors (Lipinski definition) is 5. The third kappa shape index (κ3) is 8.37. The summed E-state index contributed by atoms with van der Waals surface area (Å²) >= 11 is 0. The molecular formula is C27H38O5. The number of phenols is 2. The van der Waals surface area contributed by atoms with Gasteiger partial charge in [-0.3, -0.25) is 0 Å². The smallest absolute Gasteiger partial charge is 0.160 e. The molecule has 0 unspecified atom stereocenters. The minimum Gasteiger partial charge on any atom is -0.507 e. The van der Waals surface area contributed by atoms with E-state index in [1.54, 1.807) is 18.2 Å². The molecule has 5 heteroatoms. The molecule has 2 N–H and O–H groups in total. The van der Waals surface area contributed by atoms with E-state index in [4.69, 9.17) is 14.2 Å². The maximum atomic E-state index is 10.6. The van der Waals surface area contributed by atoms with Crippen molar-refractivity contribution in [2.24, 2.45) is 0 Å². The largest absolute Gasteiger partial charge is 0.507 e. The minimum atomic E-state index is 0.128. The zero-order valence-electron chi connectivity index (χ0n) is 19.7. The molecular weight excluding hydrogens is 404 g/mol. The van der Waals surface area contributed by atoms with Gasteiger partial charge in [-0.05, 0) is 43.4 Å². The molecule has 0 fully saturated rings. The van der Waals surface area contributed by atoms with Gasteiger partial charge >= 0.3 is 0 Å². The highest BCUT2D eigenvalue weighted by Crippen LogP contribution is 2.35. The Labute approximate surface area is 192 Å². The molecule has 0 spiro atoms. The molecule has 32 heavy (non-hydrogen) atoms. The molecule has 0 saturated heterocycles. The second-order valence-corrected chi connectivity index (χ2v) is 7.86. The lowest BCUT2D eigenvalue weighted by molar-refractivity contribution is 0.289. The monoisotopic (exact) mass is 442 g/mol. The molecule has 0 heterocycles. The standard InChI is InChI=1S/C27H38O5/c1-4-7-15-30-22-19-24(28)23(27(20-22)32-17-9-6-3)12-10-11-21-13-14-26(25(29)18-21)31-16-8-5-2/h10-11,13-14,18-20,28-29H,4-9,12,15-17H2,1-3H3/b11-10+. The molecule has 0 aliphatic carbocycles. The van der Waals surface area contributed by atoms with Crippen molar-refractivity contribution in [3.63, 3.8) is 0 Å². The van der Waals surface area contributed by atoms with Crippen LogP contribution in [0.4, 0.5) is 0 Å². The lowest BCUT2D eigenvalue weighted by Gasteiger charge is -2.15. The number of benzene rings is 2.